The Kier molecular flexibility index (Phi) is 6.81. The van der Waals surface area contributed by atoms with Crippen LogP contribution in [0.4, 0.5) is 0 Å². The van der Waals surface area contributed by atoms with E-state index in [0.717, 1.165) is 51.9 Å². The van der Waals surface area contributed by atoms with Gasteiger partial charge in [-0.3, -0.25) is 4.79 Å². The Morgan fingerprint density at radius 2 is 1.53 bits per heavy atom. The van der Waals surface area contributed by atoms with Crippen LogP contribution in [0.3, 0.4) is 0 Å². The van der Waals surface area contributed by atoms with E-state index in [1.54, 1.807) is 5.57 Å². The van der Waals surface area contributed by atoms with E-state index < -0.39 is 0 Å². The molecular formula is C27H32N2O. The van der Waals surface area contributed by atoms with E-state index in [0.29, 0.717) is 6.42 Å². The van der Waals surface area contributed by atoms with Crippen LogP contribution < -0.4 is 5.32 Å². The summed E-state index contributed by atoms with van der Waals surface area (Å²) in [7, 11) is 0. The highest BCUT2D eigenvalue weighted by atomic mass is 16.1. The highest BCUT2D eigenvalue weighted by Crippen LogP contribution is 2.38. The zero-order valence-corrected chi connectivity index (χ0v) is 18.0. The lowest BCUT2D eigenvalue weighted by Gasteiger charge is -2.30. The van der Waals surface area contributed by atoms with Gasteiger partial charge in [0, 0.05) is 32.6 Å². The van der Waals surface area contributed by atoms with Gasteiger partial charge in [-0.05, 0) is 47.1 Å². The Bertz CT molecular complexity index is 895. The molecule has 3 heteroatoms. The molecule has 1 saturated heterocycles. The fraction of sp³-hybridized carbons (Fsp3) is 0.370. The van der Waals surface area contributed by atoms with Crippen LogP contribution in [0.1, 0.15) is 61.3 Å². The van der Waals surface area contributed by atoms with E-state index in [2.05, 4.69) is 77.8 Å². The zero-order chi connectivity index (χ0) is 20.8. The average Bonchev–Trinajstić information content (AvgIpc) is 2.95. The Morgan fingerprint density at radius 1 is 0.933 bits per heavy atom. The third-order valence-electron chi connectivity index (χ3n) is 6.22. The van der Waals surface area contributed by atoms with Gasteiger partial charge in [0.2, 0.25) is 5.91 Å². The molecule has 3 nitrogen and oxygen atoms in total. The Morgan fingerprint density at radius 3 is 2.13 bits per heavy atom. The van der Waals surface area contributed by atoms with Crippen LogP contribution in [0.15, 0.2) is 54.1 Å². The monoisotopic (exact) mass is 400 g/mol. The number of unbranched alkanes of at least 4 members (excludes halogenated alkanes) is 1. The van der Waals surface area contributed by atoms with Gasteiger partial charge in [-0.25, -0.2) is 0 Å². The maximum atomic E-state index is 11.8. The van der Waals surface area contributed by atoms with Crippen molar-refractivity contribution >= 4 is 23.6 Å². The summed E-state index contributed by atoms with van der Waals surface area (Å²) in [4.78, 5) is 14.3. The number of carbonyl (C=O) groups excluding carboxylic acids is 1. The quantitative estimate of drug-likeness (QED) is 0.603. The van der Waals surface area contributed by atoms with Crippen molar-refractivity contribution in [3.8, 4) is 0 Å². The van der Waals surface area contributed by atoms with Crippen LogP contribution in [0, 0.1) is 0 Å². The first-order valence-electron chi connectivity index (χ1n) is 11.3. The van der Waals surface area contributed by atoms with Gasteiger partial charge in [0.1, 0.15) is 0 Å². The van der Waals surface area contributed by atoms with Crippen molar-refractivity contribution in [2.75, 3.05) is 26.2 Å². The number of piperidine rings is 1. The molecule has 0 aromatic heterocycles. The van der Waals surface area contributed by atoms with Crippen LogP contribution in [-0.4, -0.2) is 37.0 Å². The molecule has 2 aliphatic rings. The summed E-state index contributed by atoms with van der Waals surface area (Å²) in [5.41, 5.74) is 8.29. The molecule has 1 aliphatic heterocycles. The Labute approximate surface area is 180 Å². The van der Waals surface area contributed by atoms with Gasteiger partial charge in [0.15, 0.2) is 0 Å². The minimum absolute atomic E-state index is 0.191. The van der Waals surface area contributed by atoms with Gasteiger partial charge < -0.3 is 10.2 Å². The number of likely N-dealkylation sites (tertiary alicyclic amines) is 1. The Hall–Kier alpha value is -2.65. The number of rotatable bonds is 6. The highest BCUT2D eigenvalue weighted by molar-refractivity contribution is 5.94. The lowest BCUT2D eigenvalue weighted by atomic mass is 9.86. The van der Waals surface area contributed by atoms with Crippen molar-refractivity contribution in [2.24, 2.45) is 0 Å². The predicted octanol–water partition coefficient (Wildman–Crippen LogP) is 5.37. The maximum Gasteiger partial charge on any atom is 0.220 e. The van der Waals surface area contributed by atoms with Gasteiger partial charge in [0.25, 0.3) is 0 Å². The third-order valence-corrected chi connectivity index (χ3v) is 6.22. The van der Waals surface area contributed by atoms with Crippen molar-refractivity contribution in [2.45, 2.75) is 39.0 Å². The number of hydrogen-bond donors (Lipinski definition) is 1. The maximum absolute atomic E-state index is 11.8. The summed E-state index contributed by atoms with van der Waals surface area (Å²) in [6.07, 6.45) is 9.36. The molecule has 4 rings (SSSR count). The molecule has 0 atom stereocenters. The van der Waals surface area contributed by atoms with E-state index >= 15 is 0 Å². The molecule has 1 amide bonds. The van der Waals surface area contributed by atoms with Crippen molar-refractivity contribution < 1.29 is 4.79 Å². The summed E-state index contributed by atoms with van der Waals surface area (Å²) >= 11 is 0. The fourth-order valence-corrected chi connectivity index (χ4v) is 4.52. The van der Waals surface area contributed by atoms with Gasteiger partial charge in [-0.15, -0.1) is 0 Å². The summed E-state index contributed by atoms with van der Waals surface area (Å²) in [5, 5.41) is 3.07. The Balaban J connectivity index is 1.47. The van der Waals surface area contributed by atoms with E-state index in [4.69, 9.17) is 0 Å². The number of benzene rings is 2. The topological polar surface area (TPSA) is 32.3 Å². The molecular weight excluding hydrogens is 368 g/mol. The van der Waals surface area contributed by atoms with Crippen molar-refractivity contribution in [3.05, 3.63) is 76.4 Å². The van der Waals surface area contributed by atoms with E-state index in [1.165, 1.54) is 27.8 Å². The third kappa shape index (κ3) is 4.73. The molecule has 0 spiro atoms. The smallest absolute Gasteiger partial charge is 0.220 e. The average molecular weight is 401 g/mol. The SMILES string of the molecule is CCCCC(=O)NCCN1CCC(=C2c3ccccc3C=Cc3ccccc32)CC1. The standard InChI is InChI=1S/C27H32N2O/c1-2-3-12-26(30)28-17-20-29-18-15-23(16-19-29)27-24-10-6-4-8-21(24)13-14-22-9-5-7-11-25(22)27/h4-11,13-14H,2-3,12,15-20H2,1H3,(H,28,30). The number of fused-ring (bicyclic) bond motifs is 2. The summed E-state index contributed by atoms with van der Waals surface area (Å²) in [6.45, 7) is 5.93. The second-order valence-electron chi connectivity index (χ2n) is 8.28. The van der Waals surface area contributed by atoms with Crippen molar-refractivity contribution in [3.63, 3.8) is 0 Å². The number of hydrogen-bond acceptors (Lipinski definition) is 2. The predicted molar refractivity (Wildman–Crippen MR) is 126 cm³/mol. The number of carbonyl (C=O) groups is 1. The molecule has 0 radical (unpaired) electrons. The summed E-state index contributed by atoms with van der Waals surface area (Å²) in [5.74, 6) is 0.191. The lowest BCUT2D eigenvalue weighted by molar-refractivity contribution is -0.121. The first kappa shape index (κ1) is 20.6. The molecule has 2 aromatic rings. The molecule has 0 bridgehead atoms. The largest absolute Gasteiger partial charge is 0.355 e. The highest BCUT2D eigenvalue weighted by Gasteiger charge is 2.22. The van der Waals surface area contributed by atoms with Crippen LogP contribution in [-0.2, 0) is 4.79 Å². The molecule has 1 N–H and O–H groups in total. The molecule has 2 aromatic carbocycles. The van der Waals surface area contributed by atoms with E-state index in [1.807, 2.05) is 0 Å². The van der Waals surface area contributed by atoms with Crippen LogP contribution in [0.2, 0.25) is 0 Å². The first-order chi connectivity index (χ1) is 14.8. The zero-order valence-electron chi connectivity index (χ0n) is 18.0. The molecule has 0 unspecified atom stereocenters. The molecule has 30 heavy (non-hydrogen) atoms. The fourth-order valence-electron chi connectivity index (χ4n) is 4.52. The normalized spacial score (nSPS) is 16.0. The second-order valence-corrected chi connectivity index (χ2v) is 8.28. The van der Waals surface area contributed by atoms with Crippen LogP contribution >= 0.6 is 0 Å². The van der Waals surface area contributed by atoms with Gasteiger partial charge in [0.05, 0.1) is 0 Å². The van der Waals surface area contributed by atoms with Crippen molar-refractivity contribution in [1.29, 1.82) is 0 Å². The second kappa shape index (κ2) is 9.90. The molecule has 0 saturated carbocycles. The summed E-state index contributed by atoms with van der Waals surface area (Å²) < 4.78 is 0. The molecule has 1 aliphatic carbocycles. The molecule has 1 fully saturated rings. The minimum Gasteiger partial charge on any atom is -0.355 e. The van der Waals surface area contributed by atoms with Crippen LogP contribution in [0.25, 0.3) is 17.7 Å². The summed E-state index contributed by atoms with van der Waals surface area (Å²) in [6, 6.07) is 17.5. The van der Waals surface area contributed by atoms with Gasteiger partial charge in [-0.1, -0.05) is 79.6 Å². The van der Waals surface area contributed by atoms with Gasteiger partial charge in [-0.2, -0.15) is 0 Å². The molecule has 1 heterocycles. The molecule has 156 valence electrons. The minimum atomic E-state index is 0.191. The van der Waals surface area contributed by atoms with Crippen LogP contribution in [0.5, 0.6) is 0 Å². The van der Waals surface area contributed by atoms with Gasteiger partial charge >= 0.3 is 0 Å². The van der Waals surface area contributed by atoms with E-state index in [9.17, 15) is 4.79 Å². The van der Waals surface area contributed by atoms with Crippen molar-refractivity contribution in [1.82, 2.24) is 10.2 Å². The number of nitrogens with one attached hydrogen (secondary N) is 1. The number of nitrogens with zero attached hydrogens (tertiary/aromatic N) is 1. The number of amides is 1. The lowest BCUT2D eigenvalue weighted by Crippen LogP contribution is -2.38. The first-order valence-corrected chi connectivity index (χ1v) is 11.3. The van der Waals surface area contributed by atoms with E-state index in [-0.39, 0.29) is 5.91 Å².